The number of methoxy groups -OCH3 is 1. The number of ether oxygens (including phenoxy) is 2. The molecule has 2 atom stereocenters. The number of rotatable bonds is 7. The number of benzene rings is 2. The molecule has 6 nitrogen and oxygen atoms in total. The molecule has 2 saturated heterocycles. The maximum absolute atomic E-state index is 13.6. The van der Waals surface area contributed by atoms with Crippen LogP contribution in [0.25, 0.3) is 10.1 Å². The van der Waals surface area contributed by atoms with Gasteiger partial charge in [0.2, 0.25) is 0 Å². The van der Waals surface area contributed by atoms with Crippen LogP contribution < -0.4 is 26.0 Å². The summed E-state index contributed by atoms with van der Waals surface area (Å²) in [5.41, 5.74) is 1.72. The lowest BCUT2D eigenvalue weighted by Gasteiger charge is -2.43. The van der Waals surface area contributed by atoms with E-state index in [1.807, 2.05) is 12.1 Å². The Kier molecular flexibility index (Phi) is 8.40. The van der Waals surface area contributed by atoms with Crippen LogP contribution in [0, 0.1) is 23.7 Å². The number of nitrogens with one attached hydrogen (secondary N) is 3. The smallest absolute Gasteiger partial charge is 0.393 e. The second-order valence-corrected chi connectivity index (χ2v) is 14.9. The highest BCUT2D eigenvalue weighted by Gasteiger charge is 2.37. The second-order valence-electron chi connectivity index (χ2n) is 10.7. The molecule has 0 amide bonds. The topological polar surface area (TPSA) is 71.6 Å². The second kappa shape index (κ2) is 11.7. The van der Waals surface area contributed by atoms with Gasteiger partial charge in [0.05, 0.1) is 54.2 Å². The molecular weight excluding hydrogens is 558 g/mol. The lowest BCUT2D eigenvalue weighted by molar-refractivity contribution is -0.126. The summed E-state index contributed by atoms with van der Waals surface area (Å²) in [5.74, 6) is 7.13. The third-order valence-electron chi connectivity index (χ3n) is 7.39. The Labute approximate surface area is 236 Å². The molecule has 11 heteroatoms. The number of hydrogen-bond acceptors (Lipinski definition) is 7. The highest BCUT2D eigenvalue weighted by atomic mass is 32.1. The summed E-state index contributed by atoms with van der Waals surface area (Å²) < 4.78 is 65.3. The van der Waals surface area contributed by atoms with Crippen LogP contribution in [0.15, 0.2) is 36.4 Å². The van der Waals surface area contributed by atoms with E-state index in [4.69, 9.17) is 9.47 Å². The van der Waals surface area contributed by atoms with Gasteiger partial charge in [-0.2, -0.15) is 13.2 Å². The number of piperidine rings is 1. The molecule has 0 radical (unpaired) electrons. The summed E-state index contributed by atoms with van der Waals surface area (Å²) in [6.07, 6.45) is -5.40. The normalized spacial score (nSPS) is 21.0. The van der Waals surface area contributed by atoms with Gasteiger partial charge in [0.1, 0.15) is 12.9 Å². The highest BCUT2D eigenvalue weighted by Crippen LogP contribution is 2.40. The first-order valence-corrected chi connectivity index (χ1v) is 16.6. The van der Waals surface area contributed by atoms with Crippen molar-refractivity contribution >= 4 is 45.2 Å². The molecule has 0 saturated carbocycles. The van der Waals surface area contributed by atoms with Crippen LogP contribution in [0.4, 0.5) is 24.5 Å². The van der Waals surface area contributed by atoms with Crippen molar-refractivity contribution in [3.63, 3.8) is 0 Å². The SMILES string of the molecule is COc1cc(P(C)(C)=O)ccc1NCC#Cc1sc2c(NC3C4CNCC3COC4)cccc2c1CC(F)(F)F. The molecule has 3 aromatic rings. The standard InChI is InChI=1S/C29H33F3N3O3PS/c1-37-25-12-20(39(2,3)36)9-10-23(25)34-11-5-8-26-22(13-29(30,31)32)21-6-4-7-24(28(21)40-26)35-27-18-14-33-15-19(27)17-38-16-18/h4,6-7,9-10,12,18-19,27,33-35H,11,13-17H2,1-3H3. The first kappa shape index (κ1) is 28.8. The number of halogens is 3. The molecule has 2 aliphatic heterocycles. The maximum atomic E-state index is 13.6. The van der Waals surface area contributed by atoms with Crippen molar-refractivity contribution in [1.29, 1.82) is 0 Å². The average molecular weight is 592 g/mol. The Morgan fingerprint density at radius 1 is 1.15 bits per heavy atom. The number of fused-ring (bicyclic) bond motifs is 3. The molecule has 0 aliphatic carbocycles. The van der Waals surface area contributed by atoms with E-state index in [2.05, 4.69) is 27.8 Å². The number of hydrogen-bond donors (Lipinski definition) is 3. The molecule has 0 spiro atoms. The lowest BCUT2D eigenvalue weighted by Crippen LogP contribution is -2.56. The number of anilines is 2. The maximum Gasteiger partial charge on any atom is 0.393 e. The van der Waals surface area contributed by atoms with E-state index in [0.29, 0.717) is 52.1 Å². The van der Waals surface area contributed by atoms with Gasteiger partial charge < -0.3 is 30.0 Å². The van der Waals surface area contributed by atoms with Crippen molar-refractivity contribution in [3.05, 3.63) is 46.8 Å². The fourth-order valence-electron chi connectivity index (χ4n) is 5.39. The van der Waals surface area contributed by atoms with E-state index < -0.39 is 19.7 Å². The summed E-state index contributed by atoms with van der Waals surface area (Å²) >= 11 is 1.30. The first-order valence-electron chi connectivity index (χ1n) is 13.2. The number of alkyl halides is 3. The predicted molar refractivity (Wildman–Crippen MR) is 157 cm³/mol. The van der Waals surface area contributed by atoms with Gasteiger partial charge in [0, 0.05) is 36.3 Å². The molecule has 2 aliphatic rings. The molecule has 3 N–H and O–H groups in total. The van der Waals surface area contributed by atoms with Crippen molar-refractivity contribution in [2.24, 2.45) is 11.8 Å². The molecule has 40 heavy (non-hydrogen) atoms. The van der Waals surface area contributed by atoms with Gasteiger partial charge in [-0.1, -0.05) is 24.0 Å². The van der Waals surface area contributed by atoms with Crippen LogP contribution in [0.3, 0.4) is 0 Å². The fourth-order valence-corrected chi connectivity index (χ4v) is 7.42. The van der Waals surface area contributed by atoms with Crippen LogP contribution >= 0.6 is 18.5 Å². The third-order valence-corrected chi connectivity index (χ3v) is 10.1. The zero-order valence-electron chi connectivity index (χ0n) is 22.7. The highest BCUT2D eigenvalue weighted by molar-refractivity contribution is 7.70. The predicted octanol–water partition coefficient (Wildman–Crippen LogP) is 5.37. The summed E-state index contributed by atoms with van der Waals surface area (Å²) in [5, 5.41) is 11.6. The summed E-state index contributed by atoms with van der Waals surface area (Å²) in [6.45, 7) is 6.61. The van der Waals surface area contributed by atoms with Gasteiger partial charge in [-0.3, -0.25) is 0 Å². The van der Waals surface area contributed by atoms with E-state index in [1.54, 1.807) is 37.6 Å². The summed E-state index contributed by atoms with van der Waals surface area (Å²) in [4.78, 5) is 0.414. The van der Waals surface area contributed by atoms with Crippen molar-refractivity contribution in [3.8, 4) is 17.6 Å². The van der Waals surface area contributed by atoms with Crippen LogP contribution in [0.1, 0.15) is 10.4 Å². The molecule has 2 aromatic carbocycles. The van der Waals surface area contributed by atoms with E-state index >= 15 is 0 Å². The van der Waals surface area contributed by atoms with Gasteiger partial charge in [-0.25, -0.2) is 0 Å². The van der Waals surface area contributed by atoms with E-state index in [1.165, 1.54) is 18.4 Å². The van der Waals surface area contributed by atoms with Gasteiger partial charge in [-0.05, 0) is 48.5 Å². The van der Waals surface area contributed by atoms with Crippen LogP contribution in [0.2, 0.25) is 0 Å². The van der Waals surface area contributed by atoms with E-state index in [9.17, 15) is 17.7 Å². The molecule has 3 heterocycles. The Balaban J connectivity index is 1.41. The Morgan fingerprint density at radius 2 is 1.90 bits per heavy atom. The molecule has 1 aromatic heterocycles. The third kappa shape index (κ3) is 6.44. The minimum Gasteiger partial charge on any atom is -0.495 e. The fraction of sp³-hybridized carbons (Fsp3) is 0.448. The van der Waals surface area contributed by atoms with E-state index in [0.717, 1.165) is 23.5 Å². The van der Waals surface area contributed by atoms with E-state index in [-0.39, 0.29) is 18.2 Å². The summed E-state index contributed by atoms with van der Waals surface area (Å²) in [7, 11) is -0.920. The van der Waals surface area contributed by atoms with Gasteiger partial charge in [0.25, 0.3) is 0 Å². The molecular formula is C29H33F3N3O3PS. The quantitative estimate of drug-likeness (QED) is 0.254. The zero-order valence-corrected chi connectivity index (χ0v) is 24.4. The first-order chi connectivity index (χ1) is 19.0. The van der Waals surface area contributed by atoms with Gasteiger partial charge in [0.15, 0.2) is 0 Å². The largest absolute Gasteiger partial charge is 0.495 e. The van der Waals surface area contributed by atoms with Crippen molar-refractivity contribution in [2.75, 3.05) is 63.9 Å². The molecule has 214 valence electrons. The minimum absolute atomic E-state index is 0.197. The van der Waals surface area contributed by atoms with Crippen LogP contribution in [-0.2, 0) is 15.7 Å². The minimum atomic E-state index is -4.36. The Hall–Kier alpha value is -2.70. The van der Waals surface area contributed by atoms with Crippen LogP contribution in [-0.4, -0.2) is 65.5 Å². The zero-order chi connectivity index (χ0) is 28.5. The Bertz CT molecular complexity index is 1470. The monoisotopic (exact) mass is 591 g/mol. The molecule has 2 unspecified atom stereocenters. The van der Waals surface area contributed by atoms with Crippen molar-refractivity contribution < 1.29 is 27.2 Å². The van der Waals surface area contributed by atoms with Gasteiger partial charge in [-0.15, -0.1) is 11.3 Å². The Morgan fingerprint density at radius 3 is 2.58 bits per heavy atom. The van der Waals surface area contributed by atoms with Crippen molar-refractivity contribution in [1.82, 2.24) is 5.32 Å². The molecule has 5 rings (SSSR count). The number of thiophene rings is 1. The van der Waals surface area contributed by atoms with Crippen molar-refractivity contribution in [2.45, 2.75) is 18.6 Å². The lowest BCUT2D eigenvalue weighted by atomic mass is 9.83. The van der Waals surface area contributed by atoms with Crippen LogP contribution in [0.5, 0.6) is 5.75 Å². The molecule has 2 bridgehead atoms. The molecule has 2 fully saturated rings. The average Bonchev–Trinajstić information content (AvgIpc) is 3.22. The summed E-state index contributed by atoms with van der Waals surface area (Å²) in [6, 6.07) is 11.0. The van der Waals surface area contributed by atoms with Gasteiger partial charge >= 0.3 is 6.18 Å².